The maximum Gasteiger partial charge on any atom is 0.253 e. The Morgan fingerprint density at radius 2 is 2.00 bits per heavy atom. The van der Waals surface area contributed by atoms with E-state index in [1.807, 2.05) is 29.2 Å². The lowest BCUT2D eigenvalue weighted by molar-refractivity contribution is -0.128. The first kappa shape index (κ1) is 23.8. The van der Waals surface area contributed by atoms with E-state index < -0.39 is 17.1 Å². The van der Waals surface area contributed by atoms with E-state index >= 15 is 0 Å². The van der Waals surface area contributed by atoms with E-state index in [1.165, 1.54) is 13.1 Å². The van der Waals surface area contributed by atoms with Gasteiger partial charge in [0, 0.05) is 20.1 Å². The van der Waals surface area contributed by atoms with Crippen molar-refractivity contribution in [3.63, 3.8) is 0 Å². The van der Waals surface area contributed by atoms with Gasteiger partial charge in [0.25, 0.3) is 5.91 Å². The van der Waals surface area contributed by atoms with E-state index in [2.05, 4.69) is 45.1 Å². The zero-order valence-electron chi connectivity index (χ0n) is 19.0. The molecule has 9 nitrogen and oxygen atoms in total. The Kier molecular flexibility index (Phi) is 6.63. The number of benzene rings is 2. The van der Waals surface area contributed by atoms with Gasteiger partial charge in [-0.1, -0.05) is 54.9 Å². The minimum absolute atomic E-state index is 0.0595. The van der Waals surface area contributed by atoms with Crippen molar-refractivity contribution >= 4 is 29.1 Å². The van der Waals surface area contributed by atoms with Crippen LogP contribution in [0.15, 0.2) is 36.4 Å². The molecule has 3 N–H and O–H groups in total. The number of hydrogen-bond acceptors (Lipinski definition) is 6. The van der Waals surface area contributed by atoms with Crippen LogP contribution < -0.4 is 10.6 Å². The third-order valence-corrected chi connectivity index (χ3v) is 6.34. The number of aromatic amines is 1. The molecule has 178 valence electrons. The molecule has 0 bridgehead atoms. The van der Waals surface area contributed by atoms with Crippen molar-refractivity contribution in [2.24, 2.45) is 0 Å². The predicted molar refractivity (Wildman–Crippen MR) is 125 cm³/mol. The first-order chi connectivity index (χ1) is 16.2. The highest BCUT2D eigenvalue weighted by Crippen LogP contribution is 2.40. The lowest BCUT2D eigenvalue weighted by Crippen LogP contribution is -2.65. The number of anilines is 1. The highest BCUT2D eigenvalue weighted by molar-refractivity contribution is 6.31. The molecule has 0 unspecified atom stereocenters. The monoisotopic (exact) mass is 485 g/mol. The molecule has 2 aromatic carbocycles. The van der Waals surface area contributed by atoms with Gasteiger partial charge in [-0.15, -0.1) is 10.2 Å². The Morgan fingerprint density at radius 1 is 1.26 bits per heavy atom. The number of rotatable bonds is 7. The van der Waals surface area contributed by atoms with Gasteiger partial charge in [-0.25, -0.2) is 4.39 Å². The fraction of sp³-hybridized carbons (Fsp3) is 0.348. The highest BCUT2D eigenvalue weighted by Gasteiger charge is 2.52. The number of hydrogen-bond donors (Lipinski definition) is 3. The van der Waals surface area contributed by atoms with Gasteiger partial charge in [-0.3, -0.25) is 14.5 Å². The second-order valence-electron chi connectivity index (χ2n) is 8.64. The summed E-state index contributed by atoms with van der Waals surface area (Å²) in [5, 5.41) is 19.1. The normalized spacial score (nSPS) is 15.1. The largest absolute Gasteiger partial charge is 0.355 e. The summed E-state index contributed by atoms with van der Waals surface area (Å²) in [4.78, 5) is 28.2. The van der Waals surface area contributed by atoms with Gasteiger partial charge in [-0.2, -0.15) is 5.21 Å². The van der Waals surface area contributed by atoms with Gasteiger partial charge in [-0.05, 0) is 29.2 Å². The van der Waals surface area contributed by atoms with Gasteiger partial charge in [0.2, 0.25) is 5.91 Å². The number of tetrazole rings is 1. The fourth-order valence-electron chi connectivity index (χ4n) is 4.37. The molecule has 0 atom stereocenters. The van der Waals surface area contributed by atoms with Crippen LogP contribution in [0.25, 0.3) is 0 Å². The van der Waals surface area contributed by atoms with Crippen LogP contribution in [0.2, 0.25) is 5.02 Å². The van der Waals surface area contributed by atoms with Crippen molar-refractivity contribution in [3.8, 4) is 0 Å². The molecule has 4 rings (SSSR count). The number of amides is 2. The summed E-state index contributed by atoms with van der Waals surface area (Å²) in [6.45, 7) is 5.34. The minimum Gasteiger partial charge on any atom is -0.355 e. The summed E-state index contributed by atoms with van der Waals surface area (Å²) in [6.07, 6.45) is 0. The molecule has 11 heteroatoms. The Balaban J connectivity index is 1.71. The summed E-state index contributed by atoms with van der Waals surface area (Å²) >= 11 is 5.90. The van der Waals surface area contributed by atoms with E-state index in [0.717, 1.165) is 17.2 Å². The van der Waals surface area contributed by atoms with Gasteiger partial charge >= 0.3 is 0 Å². The second-order valence-corrected chi connectivity index (χ2v) is 9.05. The van der Waals surface area contributed by atoms with E-state index in [0.29, 0.717) is 25.5 Å². The third-order valence-electron chi connectivity index (χ3n) is 6.05. The number of nitrogens with one attached hydrogen (secondary N) is 3. The average molecular weight is 486 g/mol. The molecule has 1 fully saturated rings. The van der Waals surface area contributed by atoms with Crippen LogP contribution in [0.1, 0.15) is 47.1 Å². The smallest absolute Gasteiger partial charge is 0.253 e. The zero-order valence-corrected chi connectivity index (χ0v) is 19.8. The van der Waals surface area contributed by atoms with Gasteiger partial charge in [0.15, 0.2) is 5.82 Å². The van der Waals surface area contributed by atoms with Crippen molar-refractivity contribution < 1.29 is 14.0 Å². The SMILES string of the molecule is CNC(=O)c1cc(Cl)c(F)cc1NC(=O)C1(c2ccccc2C(C)C)CN(Cc2nn[nH]n2)C1. The lowest BCUT2D eigenvalue weighted by Gasteiger charge is -2.49. The van der Waals surface area contributed by atoms with Crippen LogP contribution in [-0.2, 0) is 16.8 Å². The Bertz CT molecular complexity index is 1210. The second kappa shape index (κ2) is 9.47. The Morgan fingerprint density at radius 3 is 2.65 bits per heavy atom. The van der Waals surface area contributed by atoms with Crippen LogP contribution in [0, 0.1) is 5.82 Å². The molecule has 34 heavy (non-hydrogen) atoms. The molecule has 1 aliphatic rings. The maximum atomic E-state index is 14.3. The number of nitrogens with zero attached hydrogens (tertiary/aromatic N) is 4. The predicted octanol–water partition coefficient (Wildman–Crippen LogP) is 2.87. The van der Waals surface area contributed by atoms with E-state index in [4.69, 9.17) is 11.6 Å². The molecule has 0 saturated carbocycles. The van der Waals surface area contributed by atoms with Crippen molar-refractivity contribution in [3.05, 3.63) is 69.8 Å². The molecule has 0 spiro atoms. The van der Waals surface area contributed by atoms with E-state index in [9.17, 15) is 14.0 Å². The molecule has 0 aliphatic carbocycles. The molecule has 2 amide bonds. The number of H-pyrrole nitrogens is 1. The van der Waals surface area contributed by atoms with Crippen LogP contribution >= 0.6 is 11.6 Å². The number of carbonyl (C=O) groups excluding carboxylic acids is 2. The molecule has 3 aromatic rings. The van der Waals surface area contributed by atoms with Gasteiger partial charge in [0.05, 0.1) is 28.2 Å². The molecular weight excluding hydrogens is 461 g/mol. The summed E-state index contributed by atoms with van der Waals surface area (Å²) in [5.74, 6) is -0.846. The average Bonchev–Trinajstić information content (AvgIpc) is 3.31. The Labute approximate surface area is 201 Å². The van der Waals surface area contributed by atoms with Crippen molar-refractivity contribution in [2.75, 3.05) is 25.5 Å². The minimum atomic E-state index is -0.916. The van der Waals surface area contributed by atoms with E-state index in [1.54, 1.807) is 0 Å². The maximum absolute atomic E-state index is 14.3. The van der Waals surface area contributed by atoms with Gasteiger partial charge < -0.3 is 10.6 Å². The van der Waals surface area contributed by atoms with Crippen LogP contribution in [0.4, 0.5) is 10.1 Å². The number of carbonyl (C=O) groups is 2. The quantitative estimate of drug-likeness (QED) is 0.474. The summed E-state index contributed by atoms with van der Waals surface area (Å²) in [5.41, 5.74) is 1.16. The molecule has 2 heterocycles. The molecule has 1 aromatic heterocycles. The topological polar surface area (TPSA) is 116 Å². The van der Waals surface area contributed by atoms with Crippen molar-refractivity contribution in [1.29, 1.82) is 0 Å². The van der Waals surface area contributed by atoms with Crippen LogP contribution in [0.3, 0.4) is 0 Å². The third kappa shape index (κ3) is 4.38. The number of likely N-dealkylation sites (tertiary alicyclic amines) is 1. The molecular formula is C23H25ClFN7O2. The van der Waals surface area contributed by atoms with Crippen LogP contribution in [0.5, 0.6) is 0 Å². The standard InChI is InChI=1S/C23H25ClFN7O2/c1-13(2)14-6-4-5-7-16(14)23(11-32(12-23)10-20-28-30-31-29-20)22(34)27-19-9-18(25)17(24)8-15(19)21(33)26-3/h4-9,13H,10-12H2,1-3H3,(H,26,33)(H,27,34)(H,28,29,30,31). The first-order valence-corrected chi connectivity index (χ1v) is 11.2. The Hall–Kier alpha value is -3.37. The molecule has 0 radical (unpaired) electrons. The first-order valence-electron chi connectivity index (χ1n) is 10.8. The summed E-state index contributed by atoms with van der Waals surface area (Å²) in [7, 11) is 1.45. The van der Waals surface area contributed by atoms with Crippen molar-refractivity contribution in [2.45, 2.75) is 31.7 Å². The van der Waals surface area contributed by atoms with Gasteiger partial charge in [0.1, 0.15) is 5.82 Å². The molecule has 1 aliphatic heterocycles. The highest BCUT2D eigenvalue weighted by atomic mass is 35.5. The van der Waals surface area contributed by atoms with Crippen molar-refractivity contribution in [1.82, 2.24) is 30.8 Å². The number of halogens is 2. The summed E-state index contributed by atoms with van der Waals surface area (Å²) in [6, 6.07) is 10.1. The fourth-order valence-corrected chi connectivity index (χ4v) is 4.53. The van der Waals surface area contributed by atoms with E-state index in [-0.39, 0.29) is 28.1 Å². The lowest BCUT2D eigenvalue weighted by atomic mass is 9.69. The van der Waals surface area contributed by atoms with Crippen LogP contribution in [-0.4, -0.2) is 57.5 Å². The summed E-state index contributed by atoms with van der Waals surface area (Å²) < 4.78 is 14.3. The zero-order chi connectivity index (χ0) is 24.5. The number of aromatic nitrogens is 4. The molecule has 1 saturated heterocycles.